The van der Waals surface area contributed by atoms with Gasteiger partial charge in [0.25, 0.3) is 0 Å². The third-order valence-corrected chi connectivity index (χ3v) is 3.05. The van der Waals surface area contributed by atoms with Crippen LogP contribution in [0.2, 0.25) is 0 Å². The van der Waals surface area contributed by atoms with Gasteiger partial charge in [-0.3, -0.25) is 0 Å². The minimum Gasteiger partial charge on any atom is -0.495 e. The fraction of sp³-hybridized carbons (Fsp3) is 0.250. The van der Waals surface area contributed by atoms with Gasteiger partial charge in [0.1, 0.15) is 5.75 Å². The van der Waals surface area contributed by atoms with E-state index in [0.717, 1.165) is 17.0 Å². The van der Waals surface area contributed by atoms with Crippen LogP contribution < -0.4 is 10.1 Å². The van der Waals surface area contributed by atoms with Gasteiger partial charge in [0.2, 0.25) is 0 Å². The number of aliphatic hydroxyl groups is 1. The van der Waals surface area contributed by atoms with Crippen LogP contribution in [0.5, 0.6) is 5.75 Å². The highest BCUT2D eigenvalue weighted by Gasteiger charge is 2.08. The predicted molar refractivity (Wildman–Crippen MR) is 77.6 cm³/mol. The maximum absolute atomic E-state index is 10.1. The van der Waals surface area contributed by atoms with Gasteiger partial charge in [-0.05, 0) is 24.6 Å². The summed E-state index contributed by atoms with van der Waals surface area (Å²) in [4.78, 5) is 0. The molecule has 2 aromatic rings. The zero-order chi connectivity index (χ0) is 13.7. The Balaban J connectivity index is 2.00. The second-order valence-electron chi connectivity index (χ2n) is 4.51. The highest BCUT2D eigenvalue weighted by atomic mass is 16.5. The lowest BCUT2D eigenvalue weighted by Crippen LogP contribution is -2.12. The number of rotatable bonds is 5. The van der Waals surface area contributed by atoms with E-state index in [1.165, 1.54) is 5.56 Å². The van der Waals surface area contributed by atoms with Crippen LogP contribution in [0.15, 0.2) is 48.5 Å². The molecular weight excluding hydrogens is 238 g/mol. The zero-order valence-corrected chi connectivity index (χ0v) is 11.3. The van der Waals surface area contributed by atoms with E-state index in [1.807, 2.05) is 55.5 Å². The molecule has 100 valence electrons. The normalized spacial score (nSPS) is 11.9. The number of nitrogens with one attached hydrogen (secondary N) is 1. The van der Waals surface area contributed by atoms with Crippen molar-refractivity contribution in [2.24, 2.45) is 0 Å². The summed E-state index contributed by atoms with van der Waals surface area (Å²) in [6.45, 7) is 2.48. The number of benzene rings is 2. The average molecular weight is 257 g/mol. The lowest BCUT2D eigenvalue weighted by molar-refractivity contribution is 0.191. The van der Waals surface area contributed by atoms with Crippen molar-refractivity contribution in [3.8, 4) is 5.75 Å². The largest absolute Gasteiger partial charge is 0.495 e. The Labute approximate surface area is 113 Å². The quantitative estimate of drug-likeness (QED) is 0.864. The molecule has 0 amide bonds. The van der Waals surface area contributed by atoms with Crippen molar-refractivity contribution in [1.82, 2.24) is 0 Å². The standard InChI is InChI=1S/C16H19NO2/c1-12-7-9-13(10-8-12)15(18)11-17-14-5-3-4-6-16(14)19-2/h3-10,15,17-18H,11H2,1-2H3. The predicted octanol–water partition coefficient (Wildman–Crippen LogP) is 3.15. The molecule has 19 heavy (non-hydrogen) atoms. The first-order chi connectivity index (χ1) is 9.20. The van der Waals surface area contributed by atoms with Crippen LogP contribution in [-0.2, 0) is 0 Å². The van der Waals surface area contributed by atoms with Crippen LogP contribution >= 0.6 is 0 Å². The Kier molecular flexibility index (Phi) is 4.42. The number of hydrogen-bond donors (Lipinski definition) is 2. The number of ether oxygens (including phenoxy) is 1. The van der Waals surface area contributed by atoms with E-state index in [0.29, 0.717) is 6.54 Å². The molecule has 2 rings (SSSR count). The monoisotopic (exact) mass is 257 g/mol. The molecule has 0 saturated heterocycles. The number of aliphatic hydroxyl groups excluding tert-OH is 1. The van der Waals surface area contributed by atoms with Gasteiger partial charge in [0, 0.05) is 6.54 Å². The molecule has 2 aromatic carbocycles. The number of para-hydroxylation sites is 2. The first kappa shape index (κ1) is 13.4. The van der Waals surface area contributed by atoms with E-state index in [1.54, 1.807) is 7.11 Å². The van der Waals surface area contributed by atoms with Crippen molar-refractivity contribution in [3.05, 3.63) is 59.7 Å². The zero-order valence-electron chi connectivity index (χ0n) is 11.3. The molecule has 1 unspecified atom stereocenters. The van der Waals surface area contributed by atoms with Gasteiger partial charge in [-0.1, -0.05) is 42.0 Å². The van der Waals surface area contributed by atoms with Crippen molar-refractivity contribution >= 4 is 5.69 Å². The fourth-order valence-corrected chi connectivity index (χ4v) is 1.90. The summed E-state index contributed by atoms with van der Waals surface area (Å²) in [6.07, 6.45) is -0.537. The molecule has 0 aromatic heterocycles. The van der Waals surface area contributed by atoms with Crippen LogP contribution in [0.3, 0.4) is 0 Å². The van der Waals surface area contributed by atoms with Gasteiger partial charge in [0.05, 0.1) is 18.9 Å². The molecule has 0 radical (unpaired) electrons. The third kappa shape index (κ3) is 3.48. The Hall–Kier alpha value is -2.00. The van der Waals surface area contributed by atoms with Gasteiger partial charge in [-0.15, -0.1) is 0 Å². The Morgan fingerprint density at radius 2 is 1.79 bits per heavy atom. The molecule has 0 fully saturated rings. The SMILES string of the molecule is COc1ccccc1NCC(O)c1ccc(C)cc1. The lowest BCUT2D eigenvalue weighted by atomic mass is 10.1. The maximum Gasteiger partial charge on any atom is 0.141 e. The highest BCUT2D eigenvalue weighted by Crippen LogP contribution is 2.24. The first-order valence-electron chi connectivity index (χ1n) is 6.32. The topological polar surface area (TPSA) is 41.5 Å². The van der Waals surface area contributed by atoms with E-state index < -0.39 is 6.10 Å². The Morgan fingerprint density at radius 1 is 1.11 bits per heavy atom. The minimum atomic E-state index is -0.537. The number of hydrogen-bond acceptors (Lipinski definition) is 3. The molecular formula is C16H19NO2. The summed E-state index contributed by atoms with van der Waals surface area (Å²) in [5, 5.41) is 13.3. The highest BCUT2D eigenvalue weighted by molar-refractivity contribution is 5.56. The minimum absolute atomic E-state index is 0.448. The molecule has 2 N–H and O–H groups in total. The first-order valence-corrected chi connectivity index (χ1v) is 6.32. The summed E-state index contributed by atoms with van der Waals surface area (Å²) >= 11 is 0. The molecule has 1 atom stereocenters. The molecule has 0 aliphatic carbocycles. The van der Waals surface area contributed by atoms with E-state index in [2.05, 4.69) is 5.32 Å². The molecule has 0 spiro atoms. The van der Waals surface area contributed by atoms with Crippen LogP contribution in [-0.4, -0.2) is 18.8 Å². The van der Waals surface area contributed by atoms with Crippen molar-refractivity contribution in [3.63, 3.8) is 0 Å². The summed E-state index contributed by atoms with van der Waals surface area (Å²) in [5.74, 6) is 0.776. The van der Waals surface area contributed by atoms with E-state index >= 15 is 0 Å². The number of methoxy groups -OCH3 is 1. The van der Waals surface area contributed by atoms with Gasteiger partial charge >= 0.3 is 0 Å². The lowest BCUT2D eigenvalue weighted by Gasteiger charge is -2.15. The second-order valence-corrected chi connectivity index (χ2v) is 4.51. The average Bonchev–Trinajstić information content (AvgIpc) is 2.45. The van der Waals surface area contributed by atoms with Gasteiger partial charge < -0.3 is 15.2 Å². The summed E-state index contributed by atoms with van der Waals surface area (Å²) < 4.78 is 5.25. The van der Waals surface area contributed by atoms with Gasteiger partial charge in [-0.2, -0.15) is 0 Å². The second kappa shape index (κ2) is 6.25. The van der Waals surface area contributed by atoms with E-state index in [9.17, 15) is 5.11 Å². The maximum atomic E-state index is 10.1. The molecule has 3 nitrogen and oxygen atoms in total. The molecule has 0 bridgehead atoms. The number of anilines is 1. The summed E-state index contributed by atoms with van der Waals surface area (Å²) in [6, 6.07) is 15.6. The molecule has 0 heterocycles. The smallest absolute Gasteiger partial charge is 0.141 e. The van der Waals surface area contributed by atoms with Crippen molar-refractivity contribution in [1.29, 1.82) is 0 Å². The van der Waals surface area contributed by atoms with Gasteiger partial charge in [0.15, 0.2) is 0 Å². The van der Waals surface area contributed by atoms with Crippen LogP contribution in [0.4, 0.5) is 5.69 Å². The van der Waals surface area contributed by atoms with Crippen LogP contribution in [0, 0.1) is 6.92 Å². The van der Waals surface area contributed by atoms with Crippen LogP contribution in [0.1, 0.15) is 17.2 Å². The van der Waals surface area contributed by atoms with Crippen molar-refractivity contribution in [2.75, 3.05) is 19.0 Å². The molecule has 0 aliphatic heterocycles. The fourth-order valence-electron chi connectivity index (χ4n) is 1.90. The van der Waals surface area contributed by atoms with Crippen molar-refractivity contribution < 1.29 is 9.84 Å². The summed E-state index contributed by atoms with van der Waals surface area (Å²) in [7, 11) is 1.64. The van der Waals surface area contributed by atoms with Gasteiger partial charge in [-0.25, -0.2) is 0 Å². The van der Waals surface area contributed by atoms with Crippen molar-refractivity contribution in [2.45, 2.75) is 13.0 Å². The third-order valence-electron chi connectivity index (χ3n) is 3.05. The number of aryl methyl sites for hydroxylation is 1. The Bertz CT molecular complexity index is 523. The molecule has 0 aliphatic rings. The van der Waals surface area contributed by atoms with Crippen LogP contribution in [0.25, 0.3) is 0 Å². The summed E-state index contributed by atoms with van der Waals surface area (Å²) in [5.41, 5.74) is 2.98. The Morgan fingerprint density at radius 3 is 2.47 bits per heavy atom. The van der Waals surface area contributed by atoms with E-state index in [4.69, 9.17) is 4.74 Å². The molecule has 3 heteroatoms. The molecule has 0 saturated carbocycles. The van der Waals surface area contributed by atoms with E-state index in [-0.39, 0.29) is 0 Å².